The highest BCUT2D eigenvalue weighted by Gasteiger charge is 2.39. The number of hydrogen-bond acceptors (Lipinski definition) is 5. The van der Waals surface area contributed by atoms with Crippen molar-refractivity contribution in [2.24, 2.45) is 5.92 Å². The van der Waals surface area contributed by atoms with Crippen molar-refractivity contribution in [3.63, 3.8) is 0 Å². The average molecular weight is 476 g/mol. The summed E-state index contributed by atoms with van der Waals surface area (Å²) in [5.74, 6) is -2.07. The zero-order valence-electron chi connectivity index (χ0n) is 18.2. The third-order valence-electron chi connectivity index (χ3n) is 5.45. The molecule has 3 aromatic rings. The Morgan fingerprint density at radius 1 is 1.18 bits per heavy atom. The molecule has 1 fully saturated rings. The second-order valence-corrected chi connectivity index (χ2v) is 8.05. The number of amides is 2. The quantitative estimate of drug-likeness (QED) is 0.510. The topological polar surface area (TPSA) is 102 Å². The molecule has 178 valence electrons. The first-order chi connectivity index (χ1) is 16.0. The third kappa shape index (κ3) is 4.90. The highest BCUT2D eigenvalue weighted by Crippen LogP contribution is 2.33. The first kappa shape index (κ1) is 23.3. The minimum Gasteiger partial charge on any atom is -0.326 e. The van der Waals surface area contributed by atoms with Crippen LogP contribution in [0.2, 0.25) is 0 Å². The number of carbonyl (C=O) groups excluding carboxylic acids is 2. The predicted octanol–water partition coefficient (Wildman–Crippen LogP) is 4.51. The highest BCUT2D eigenvalue weighted by molar-refractivity contribution is 6.05. The van der Waals surface area contributed by atoms with E-state index in [1.807, 2.05) is 0 Å². The number of aryl methyl sites for hydroxylation is 1. The van der Waals surface area contributed by atoms with E-state index in [9.17, 15) is 27.2 Å². The first-order valence-electron chi connectivity index (χ1n) is 10.4. The Hall–Kier alpha value is -3.83. The standard InChI is InChI=1S/C22H20F4N6O2/c1-11-8-15(23)14(9-17(11)29-20(33)13-6-7-13)21(34)30-18-5-3-4-16(28-18)19-31-27-10-32(19)12(2)22(24,25)26/h3-5,8-10,12-13H,6-7H2,1-2H3,(H,29,33)(H,28,30,34)/t12-/m0/s1. The molecule has 0 bridgehead atoms. The van der Waals surface area contributed by atoms with E-state index in [0.29, 0.717) is 11.3 Å². The maximum Gasteiger partial charge on any atom is 0.408 e. The molecular weight excluding hydrogens is 456 g/mol. The van der Waals surface area contributed by atoms with Gasteiger partial charge in [-0.15, -0.1) is 10.2 Å². The van der Waals surface area contributed by atoms with E-state index in [1.54, 1.807) is 6.92 Å². The molecule has 0 spiro atoms. The molecule has 8 nitrogen and oxygen atoms in total. The predicted molar refractivity (Wildman–Crippen MR) is 114 cm³/mol. The lowest BCUT2D eigenvalue weighted by Gasteiger charge is -2.18. The van der Waals surface area contributed by atoms with Crippen LogP contribution in [0.15, 0.2) is 36.7 Å². The van der Waals surface area contributed by atoms with Crippen LogP contribution in [0.1, 0.15) is 41.7 Å². The molecule has 1 saturated carbocycles. The van der Waals surface area contributed by atoms with Crippen molar-refractivity contribution in [1.82, 2.24) is 19.7 Å². The van der Waals surface area contributed by atoms with Gasteiger partial charge in [0.05, 0.1) is 5.56 Å². The summed E-state index contributed by atoms with van der Waals surface area (Å²) < 4.78 is 54.8. The lowest BCUT2D eigenvalue weighted by molar-refractivity contribution is -0.162. The number of hydrogen-bond donors (Lipinski definition) is 2. The van der Waals surface area contributed by atoms with Crippen molar-refractivity contribution in [2.75, 3.05) is 10.6 Å². The molecule has 4 rings (SSSR count). The van der Waals surface area contributed by atoms with E-state index in [1.165, 1.54) is 24.3 Å². The van der Waals surface area contributed by atoms with E-state index < -0.39 is 23.9 Å². The minimum absolute atomic E-state index is 0.0275. The fourth-order valence-corrected chi connectivity index (χ4v) is 3.24. The molecule has 2 aromatic heterocycles. The summed E-state index contributed by atoms with van der Waals surface area (Å²) in [6.45, 7) is 2.56. The molecule has 12 heteroatoms. The van der Waals surface area contributed by atoms with Gasteiger partial charge in [-0.25, -0.2) is 9.37 Å². The van der Waals surface area contributed by atoms with Crippen LogP contribution in [0.25, 0.3) is 11.5 Å². The fraction of sp³-hybridized carbons (Fsp3) is 0.318. The van der Waals surface area contributed by atoms with Gasteiger partial charge in [0.2, 0.25) is 5.91 Å². The molecule has 0 saturated heterocycles. The number of benzene rings is 1. The maximum absolute atomic E-state index is 14.5. The van der Waals surface area contributed by atoms with Gasteiger partial charge in [-0.1, -0.05) is 6.07 Å². The molecule has 0 aliphatic heterocycles. The van der Waals surface area contributed by atoms with E-state index in [-0.39, 0.29) is 34.7 Å². The number of nitrogens with one attached hydrogen (secondary N) is 2. The summed E-state index contributed by atoms with van der Waals surface area (Å²) in [4.78, 5) is 29.0. The molecule has 1 atom stereocenters. The third-order valence-corrected chi connectivity index (χ3v) is 5.45. The van der Waals surface area contributed by atoms with Crippen LogP contribution in [0.4, 0.5) is 29.1 Å². The molecular formula is C22H20F4N6O2. The van der Waals surface area contributed by atoms with Gasteiger partial charge in [0, 0.05) is 11.6 Å². The van der Waals surface area contributed by atoms with Crippen molar-refractivity contribution in [1.29, 1.82) is 0 Å². The van der Waals surface area contributed by atoms with Crippen LogP contribution in [0.3, 0.4) is 0 Å². The van der Waals surface area contributed by atoms with Crippen LogP contribution in [0, 0.1) is 18.7 Å². The van der Waals surface area contributed by atoms with Crippen molar-refractivity contribution < 1.29 is 27.2 Å². The Morgan fingerprint density at radius 3 is 2.59 bits per heavy atom. The molecule has 0 radical (unpaired) electrons. The Balaban J connectivity index is 1.57. The maximum atomic E-state index is 14.5. The number of carbonyl (C=O) groups is 2. The van der Waals surface area contributed by atoms with Crippen LogP contribution in [-0.2, 0) is 4.79 Å². The zero-order valence-corrected chi connectivity index (χ0v) is 18.2. The number of halogens is 4. The Labute approximate surface area is 191 Å². The van der Waals surface area contributed by atoms with Crippen LogP contribution in [-0.4, -0.2) is 37.7 Å². The van der Waals surface area contributed by atoms with Gasteiger partial charge < -0.3 is 15.2 Å². The molecule has 1 aromatic carbocycles. The van der Waals surface area contributed by atoms with Gasteiger partial charge in [-0.3, -0.25) is 9.59 Å². The van der Waals surface area contributed by atoms with E-state index in [2.05, 4.69) is 25.8 Å². The number of anilines is 2. The van der Waals surface area contributed by atoms with Gasteiger partial charge in [-0.2, -0.15) is 13.2 Å². The summed E-state index contributed by atoms with van der Waals surface area (Å²) in [6.07, 6.45) is -2.01. The van der Waals surface area contributed by atoms with Crippen LogP contribution in [0.5, 0.6) is 0 Å². The molecule has 2 amide bonds. The van der Waals surface area contributed by atoms with Gasteiger partial charge in [0.15, 0.2) is 5.82 Å². The molecule has 34 heavy (non-hydrogen) atoms. The van der Waals surface area contributed by atoms with E-state index in [0.717, 1.165) is 36.7 Å². The SMILES string of the molecule is Cc1cc(F)c(C(=O)Nc2cccc(-c3nncn3[C@@H](C)C(F)(F)F)n2)cc1NC(=O)C1CC1. The highest BCUT2D eigenvalue weighted by atomic mass is 19.4. The second kappa shape index (κ2) is 8.84. The van der Waals surface area contributed by atoms with Gasteiger partial charge in [0.1, 0.15) is 29.7 Å². The number of nitrogens with zero attached hydrogens (tertiary/aromatic N) is 4. The Bertz CT molecular complexity index is 1250. The molecule has 2 N–H and O–H groups in total. The molecule has 1 aliphatic carbocycles. The number of pyridine rings is 1. The molecule has 1 aliphatic rings. The smallest absolute Gasteiger partial charge is 0.326 e. The molecule has 0 unspecified atom stereocenters. The van der Waals surface area contributed by atoms with E-state index in [4.69, 9.17) is 0 Å². The van der Waals surface area contributed by atoms with Crippen LogP contribution >= 0.6 is 0 Å². The van der Waals surface area contributed by atoms with E-state index >= 15 is 0 Å². The fourth-order valence-electron chi connectivity index (χ4n) is 3.24. The minimum atomic E-state index is -4.53. The average Bonchev–Trinajstić information content (AvgIpc) is 3.51. The van der Waals surface area contributed by atoms with Crippen molar-refractivity contribution in [3.05, 3.63) is 53.6 Å². The summed E-state index contributed by atoms with van der Waals surface area (Å²) in [6, 6.07) is 4.76. The van der Waals surface area contributed by atoms with Crippen molar-refractivity contribution in [2.45, 2.75) is 38.9 Å². The first-order valence-corrected chi connectivity index (χ1v) is 10.4. The van der Waals surface area contributed by atoms with Crippen LogP contribution < -0.4 is 10.6 Å². The Morgan fingerprint density at radius 2 is 1.91 bits per heavy atom. The summed E-state index contributed by atoms with van der Waals surface area (Å²) in [5, 5.41) is 12.4. The number of aromatic nitrogens is 4. The van der Waals surface area contributed by atoms with Gasteiger partial charge >= 0.3 is 6.18 Å². The zero-order chi connectivity index (χ0) is 24.6. The normalized spacial score (nSPS) is 14.5. The van der Waals surface area contributed by atoms with Gasteiger partial charge in [-0.05, 0) is 56.5 Å². The number of alkyl halides is 3. The lowest BCUT2D eigenvalue weighted by atomic mass is 10.1. The Kier molecular flexibility index (Phi) is 6.07. The monoisotopic (exact) mass is 476 g/mol. The molecule has 2 heterocycles. The summed E-state index contributed by atoms with van der Waals surface area (Å²) >= 11 is 0. The largest absolute Gasteiger partial charge is 0.408 e. The van der Waals surface area contributed by atoms with Gasteiger partial charge in [0.25, 0.3) is 5.91 Å². The lowest BCUT2D eigenvalue weighted by Crippen LogP contribution is -2.24. The second-order valence-electron chi connectivity index (χ2n) is 8.05. The summed E-state index contributed by atoms with van der Waals surface area (Å²) in [5.41, 5.74) is 0.492. The summed E-state index contributed by atoms with van der Waals surface area (Å²) in [7, 11) is 0. The number of rotatable bonds is 6. The van der Waals surface area contributed by atoms with Crippen molar-refractivity contribution >= 4 is 23.3 Å². The van der Waals surface area contributed by atoms with Crippen molar-refractivity contribution in [3.8, 4) is 11.5 Å².